The highest BCUT2D eigenvalue weighted by Crippen LogP contribution is 2.26. The van der Waals surface area contributed by atoms with Gasteiger partial charge in [0.25, 0.3) is 0 Å². The zero-order valence-corrected chi connectivity index (χ0v) is 13.6. The molecule has 2 rings (SSSR count). The highest BCUT2D eigenvalue weighted by atomic mass is 79.9. The first-order valence-corrected chi connectivity index (χ1v) is 7.09. The number of ether oxygens (including phenoxy) is 2. The van der Waals surface area contributed by atoms with Crippen molar-refractivity contribution in [3.05, 3.63) is 22.7 Å². The number of nitrogens with zero attached hydrogens (tertiary/aromatic N) is 3. The van der Waals surface area contributed by atoms with Gasteiger partial charge in [0.1, 0.15) is 5.75 Å². The lowest BCUT2D eigenvalue weighted by atomic mass is 10.3. The molecule has 0 saturated carbocycles. The minimum absolute atomic E-state index is 0.241. The summed E-state index contributed by atoms with van der Waals surface area (Å²) in [6.45, 7) is 2.67. The van der Waals surface area contributed by atoms with E-state index in [-0.39, 0.29) is 6.01 Å². The predicted molar refractivity (Wildman–Crippen MR) is 84.5 cm³/mol. The zero-order chi connectivity index (χ0) is 15.2. The fourth-order valence-corrected chi connectivity index (χ4v) is 2.09. The number of methoxy groups -OCH3 is 2. The van der Waals surface area contributed by atoms with Gasteiger partial charge in [-0.15, -0.1) is 0 Å². The van der Waals surface area contributed by atoms with Crippen LogP contribution in [0, 0.1) is 0 Å². The van der Waals surface area contributed by atoms with Crippen molar-refractivity contribution in [3.8, 4) is 11.8 Å². The second kappa shape index (κ2) is 7.07. The van der Waals surface area contributed by atoms with Gasteiger partial charge in [-0.25, -0.2) is 0 Å². The highest BCUT2D eigenvalue weighted by Gasteiger charge is 2.08. The van der Waals surface area contributed by atoms with Crippen LogP contribution in [-0.4, -0.2) is 35.7 Å². The van der Waals surface area contributed by atoms with Crippen molar-refractivity contribution in [2.45, 2.75) is 6.92 Å². The molecule has 2 aromatic rings. The topological polar surface area (TPSA) is 81.2 Å². The SMILES string of the molecule is CCNc1nc(Nc2cc(Br)cc(OC)c2)nc(OC)n1. The van der Waals surface area contributed by atoms with Gasteiger partial charge in [-0.05, 0) is 19.1 Å². The van der Waals surface area contributed by atoms with Crippen LogP contribution in [0.2, 0.25) is 0 Å². The molecule has 0 aliphatic carbocycles. The molecule has 0 aliphatic heterocycles. The number of hydrogen-bond acceptors (Lipinski definition) is 7. The third-order valence-corrected chi connectivity index (χ3v) is 2.95. The number of aromatic nitrogens is 3. The molecule has 0 saturated heterocycles. The number of hydrogen-bond donors (Lipinski definition) is 2. The summed E-state index contributed by atoms with van der Waals surface area (Å²) >= 11 is 3.42. The van der Waals surface area contributed by atoms with Gasteiger partial charge >= 0.3 is 6.01 Å². The highest BCUT2D eigenvalue weighted by molar-refractivity contribution is 9.10. The van der Waals surface area contributed by atoms with E-state index in [4.69, 9.17) is 9.47 Å². The molecule has 112 valence electrons. The summed E-state index contributed by atoms with van der Waals surface area (Å²) in [4.78, 5) is 12.5. The van der Waals surface area contributed by atoms with E-state index < -0.39 is 0 Å². The van der Waals surface area contributed by atoms with Gasteiger partial charge in [0, 0.05) is 22.8 Å². The first kappa shape index (κ1) is 15.3. The maximum Gasteiger partial charge on any atom is 0.322 e. The minimum Gasteiger partial charge on any atom is -0.497 e. The first-order valence-electron chi connectivity index (χ1n) is 6.30. The summed E-state index contributed by atoms with van der Waals surface area (Å²) in [7, 11) is 3.12. The Balaban J connectivity index is 2.29. The Kier molecular flexibility index (Phi) is 5.15. The molecule has 1 aromatic heterocycles. The third-order valence-electron chi connectivity index (χ3n) is 2.50. The average molecular weight is 354 g/mol. The fraction of sp³-hybridized carbons (Fsp3) is 0.308. The van der Waals surface area contributed by atoms with E-state index in [1.807, 2.05) is 25.1 Å². The van der Waals surface area contributed by atoms with E-state index in [0.29, 0.717) is 18.4 Å². The largest absolute Gasteiger partial charge is 0.497 e. The number of anilines is 3. The summed E-state index contributed by atoms with van der Waals surface area (Å²) in [6, 6.07) is 5.84. The molecule has 21 heavy (non-hydrogen) atoms. The lowest BCUT2D eigenvalue weighted by molar-refractivity contribution is 0.379. The van der Waals surface area contributed by atoms with E-state index in [9.17, 15) is 0 Å². The Bertz CT molecular complexity index is 624. The quantitative estimate of drug-likeness (QED) is 0.826. The van der Waals surface area contributed by atoms with Crippen molar-refractivity contribution >= 4 is 33.5 Å². The smallest absolute Gasteiger partial charge is 0.322 e. The van der Waals surface area contributed by atoms with Crippen molar-refractivity contribution in [2.75, 3.05) is 31.4 Å². The summed E-state index contributed by atoms with van der Waals surface area (Å²) in [5, 5.41) is 6.13. The number of rotatable bonds is 6. The predicted octanol–water partition coefficient (Wildman–Crippen LogP) is 2.83. The molecule has 0 radical (unpaired) electrons. The Morgan fingerprint density at radius 2 is 1.81 bits per heavy atom. The van der Waals surface area contributed by atoms with Gasteiger partial charge in [0.15, 0.2) is 0 Å². The average Bonchev–Trinajstić information content (AvgIpc) is 2.46. The molecule has 2 N–H and O–H groups in total. The van der Waals surface area contributed by atoms with E-state index in [1.165, 1.54) is 7.11 Å². The van der Waals surface area contributed by atoms with Crippen molar-refractivity contribution in [2.24, 2.45) is 0 Å². The van der Waals surface area contributed by atoms with E-state index in [2.05, 4.69) is 41.5 Å². The molecule has 0 amide bonds. The Labute approximate surface area is 131 Å². The molecule has 0 unspecified atom stereocenters. The zero-order valence-electron chi connectivity index (χ0n) is 12.0. The molecule has 1 aromatic carbocycles. The first-order chi connectivity index (χ1) is 10.1. The standard InChI is InChI=1S/C13H16BrN5O2/c1-4-15-11-17-12(19-13(18-11)21-3)16-9-5-8(14)6-10(7-9)20-2/h5-7H,4H2,1-3H3,(H2,15,16,17,18,19). The van der Waals surface area contributed by atoms with Crippen LogP contribution in [0.15, 0.2) is 22.7 Å². The van der Waals surface area contributed by atoms with Gasteiger partial charge in [0.05, 0.1) is 14.2 Å². The fourth-order valence-electron chi connectivity index (χ4n) is 1.62. The summed E-state index contributed by atoms with van der Waals surface area (Å²) in [5.74, 6) is 1.56. The van der Waals surface area contributed by atoms with Crippen LogP contribution in [-0.2, 0) is 0 Å². The maximum atomic E-state index is 5.22. The van der Waals surface area contributed by atoms with Crippen LogP contribution >= 0.6 is 15.9 Å². The van der Waals surface area contributed by atoms with Gasteiger partial charge in [-0.1, -0.05) is 15.9 Å². The molecule has 0 aliphatic rings. The molecule has 8 heteroatoms. The number of nitrogens with one attached hydrogen (secondary N) is 2. The van der Waals surface area contributed by atoms with Crippen LogP contribution in [0.25, 0.3) is 0 Å². The molecule has 1 heterocycles. The van der Waals surface area contributed by atoms with Crippen molar-refractivity contribution in [3.63, 3.8) is 0 Å². The van der Waals surface area contributed by atoms with E-state index in [1.54, 1.807) is 7.11 Å². The van der Waals surface area contributed by atoms with Crippen LogP contribution in [0.4, 0.5) is 17.6 Å². The van der Waals surface area contributed by atoms with Crippen LogP contribution in [0.3, 0.4) is 0 Å². The van der Waals surface area contributed by atoms with Gasteiger partial charge < -0.3 is 20.1 Å². The van der Waals surface area contributed by atoms with Gasteiger partial charge in [-0.2, -0.15) is 15.0 Å². The Morgan fingerprint density at radius 3 is 2.48 bits per heavy atom. The Morgan fingerprint density at radius 1 is 1.05 bits per heavy atom. The van der Waals surface area contributed by atoms with Gasteiger partial charge in [-0.3, -0.25) is 0 Å². The Hall–Kier alpha value is -2.09. The molecular formula is C13H16BrN5O2. The summed E-state index contributed by atoms with van der Waals surface area (Å²) in [5.41, 5.74) is 0.789. The normalized spacial score (nSPS) is 10.1. The molecular weight excluding hydrogens is 338 g/mol. The van der Waals surface area contributed by atoms with Gasteiger partial charge in [0.2, 0.25) is 11.9 Å². The van der Waals surface area contributed by atoms with E-state index in [0.717, 1.165) is 15.9 Å². The van der Waals surface area contributed by atoms with E-state index >= 15 is 0 Å². The molecule has 0 spiro atoms. The second-order valence-electron chi connectivity index (χ2n) is 4.00. The maximum absolute atomic E-state index is 5.22. The van der Waals surface area contributed by atoms with Crippen LogP contribution in [0.5, 0.6) is 11.8 Å². The van der Waals surface area contributed by atoms with Crippen LogP contribution in [0.1, 0.15) is 6.92 Å². The number of halogens is 1. The van der Waals surface area contributed by atoms with Crippen molar-refractivity contribution < 1.29 is 9.47 Å². The lowest BCUT2D eigenvalue weighted by Gasteiger charge is -2.10. The summed E-state index contributed by atoms with van der Waals surface area (Å²) < 4.78 is 11.2. The number of benzene rings is 1. The molecule has 0 atom stereocenters. The summed E-state index contributed by atoms with van der Waals surface area (Å²) in [6.07, 6.45) is 0. The van der Waals surface area contributed by atoms with Crippen molar-refractivity contribution in [1.82, 2.24) is 15.0 Å². The second-order valence-corrected chi connectivity index (χ2v) is 4.92. The molecule has 0 fully saturated rings. The lowest BCUT2D eigenvalue weighted by Crippen LogP contribution is -2.07. The minimum atomic E-state index is 0.241. The van der Waals surface area contributed by atoms with Crippen molar-refractivity contribution in [1.29, 1.82) is 0 Å². The molecule has 0 bridgehead atoms. The third kappa shape index (κ3) is 4.19. The van der Waals surface area contributed by atoms with Crippen LogP contribution < -0.4 is 20.1 Å². The monoisotopic (exact) mass is 353 g/mol. The molecule has 7 nitrogen and oxygen atoms in total.